The summed E-state index contributed by atoms with van der Waals surface area (Å²) in [4.78, 5) is 25.9. The predicted octanol–water partition coefficient (Wildman–Crippen LogP) is 2.59. The van der Waals surface area contributed by atoms with Gasteiger partial charge in [-0.05, 0) is 23.5 Å². The van der Waals surface area contributed by atoms with E-state index in [-0.39, 0.29) is 23.7 Å². The van der Waals surface area contributed by atoms with Gasteiger partial charge in [-0.25, -0.2) is 4.90 Å². The molecule has 1 unspecified atom stereocenters. The highest BCUT2D eigenvalue weighted by Gasteiger charge is 2.40. The number of hydrogen-bond acceptors (Lipinski definition) is 3. The van der Waals surface area contributed by atoms with Gasteiger partial charge in [-0.3, -0.25) is 9.59 Å². The molecule has 0 aromatic heterocycles. The highest BCUT2D eigenvalue weighted by Crippen LogP contribution is 2.27. The third kappa shape index (κ3) is 3.32. The van der Waals surface area contributed by atoms with Crippen molar-refractivity contribution in [2.24, 2.45) is 11.3 Å². The van der Waals surface area contributed by atoms with Gasteiger partial charge in [-0.1, -0.05) is 45.9 Å². The molecule has 114 valence electrons. The van der Waals surface area contributed by atoms with Crippen molar-refractivity contribution in [2.75, 3.05) is 11.4 Å². The maximum Gasteiger partial charge on any atom is 0.251 e. The van der Waals surface area contributed by atoms with Crippen LogP contribution in [0.15, 0.2) is 30.3 Å². The topological polar surface area (TPSA) is 49.4 Å². The molecule has 21 heavy (non-hydrogen) atoms. The zero-order valence-corrected chi connectivity index (χ0v) is 13.2. The standard InChI is InChI=1S/C17H24N2O2/c1-12(2)17(3,4)11-18-14-10-15(20)19(16(14)21)13-8-6-5-7-9-13/h5-9,12,14,18H,10-11H2,1-4H3. The molecule has 4 nitrogen and oxygen atoms in total. The minimum absolute atomic E-state index is 0.0868. The van der Waals surface area contributed by atoms with Gasteiger partial charge < -0.3 is 5.32 Å². The largest absolute Gasteiger partial charge is 0.305 e. The van der Waals surface area contributed by atoms with E-state index in [4.69, 9.17) is 0 Å². The van der Waals surface area contributed by atoms with Crippen LogP contribution in [0.5, 0.6) is 0 Å². The molecular formula is C17H24N2O2. The minimum atomic E-state index is -0.407. The molecule has 1 aromatic carbocycles. The van der Waals surface area contributed by atoms with Gasteiger partial charge in [0.05, 0.1) is 18.2 Å². The van der Waals surface area contributed by atoms with E-state index in [2.05, 4.69) is 33.0 Å². The SMILES string of the molecule is CC(C)C(C)(C)CNC1CC(=O)N(c2ccccc2)C1=O. The molecular weight excluding hydrogens is 264 g/mol. The monoisotopic (exact) mass is 288 g/mol. The Morgan fingerprint density at radius 3 is 2.43 bits per heavy atom. The predicted molar refractivity (Wildman–Crippen MR) is 84.0 cm³/mol. The number of imide groups is 1. The molecule has 4 heteroatoms. The molecule has 1 fully saturated rings. The lowest BCUT2D eigenvalue weighted by Gasteiger charge is -2.30. The normalized spacial score (nSPS) is 19.7. The van der Waals surface area contributed by atoms with Crippen molar-refractivity contribution in [3.8, 4) is 0 Å². The smallest absolute Gasteiger partial charge is 0.251 e. The molecule has 1 aromatic rings. The highest BCUT2D eigenvalue weighted by atomic mass is 16.2. The van der Waals surface area contributed by atoms with E-state index in [1.807, 2.05) is 18.2 Å². The van der Waals surface area contributed by atoms with E-state index >= 15 is 0 Å². The Bertz CT molecular complexity index is 523. The zero-order valence-electron chi connectivity index (χ0n) is 13.2. The zero-order chi connectivity index (χ0) is 15.6. The molecule has 2 rings (SSSR count). The van der Waals surface area contributed by atoms with Crippen LogP contribution in [0.2, 0.25) is 0 Å². The lowest BCUT2D eigenvalue weighted by molar-refractivity contribution is -0.121. The summed E-state index contributed by atoms with van der Waals surface area (Å²) in [5.74, 6) is 0.222. The van der Waals surface area contributed by atoms with Crippen LogP contribution in [0.25, 0.3) is 0 Å². The number of para-hydroxylation sites is 1. The van der Waals surface area contributed by atoms with Crippen LogP contribution in [0.1, 0.15) is 34.1 Å². The molecule has 1 atom stereocenters. The van der Waals surface area contributed by atoms with Gasteiger partial charge in [0.2, 0.25) is 5.91 Å². The minimum Gasteiger partial charge on any atom is -0.305 e. The first-order valence-electron chi connectivity index (χ1n) is 7.48. The van der Waals surface area contributed by atoms with Gasteiger partial charge in [0.15, 0.2) is 0 Å². The van der Waals surface area contributed by atoms with E-state index in [1.54, 1.807) is 12.1 Å². The Balaban J connectivity index is 2.06. The molecule has 0 radical (unpaired) electrons. The van der Waals surface area contributed by atoms with Gasteiger partial charge in [0, 0.05) is 6.54 Å². The Hall–Kier alpha value is -1.68. The summed E-state index contributed by atoms with van der Waals surface area (Å²) >= 11 is 0. The Morgan fingerprint density at radius 2 is 1.86 bits per heavy atom. The number of nitrogens with zero attached hydrogens (tertiary/aromatic N) is 1. The molecule has 2 amide bonds. The second-order valence-corrected chi connectivity index (χ2v) is 6.68. The second kappa shape index (κ2) is 5.98. The number of anilines is 1. The molecule has 1 aliphatic rings. The quantitative estimate of drug-likeness (QED) is 0.847. The third-order valence-corrected chi connectivity index (χ3v) is 4.53. The average molecular weight is 288 g/mol. The number of hydrogen-bond donors (Lipinski definition) is 1. The number of benzene rings is 1. The number of carbonyl (C=O) groups excluding carboxylic acids is 2. The number of amides is 2. The van der Waals surface area contributed by atoms with Crippen molar-refractivity contribution in [1.82, 2.24) is 5.32 Å². The number of carbonyl (C=O) groups is 2. The summed E-state index contributed by atoms with van der Waals surface area (Å²) in [6, 6.07) is 8.70. The molecule has 0 aliphatic carbocycles. The van der Waals surface area contributed by atoms with Crippen molar-refractivity contribution < 1.29 is 9.59 Å². The average Bonchev–Trinajstić information content (AvgIpc) is 2.72. The van der Waals surface area contributed by atoms with Crippen LogP contribution < -0.4 is 10.2 Å². The fourth-order valence-electron chi connectivity index (χ4n) is 2.23. The molecule has 1 N–H and O–H groups in total. The fraction of sp³-hybridized carbons (Fsp3) is 0.529. The molecule has 0 spiro atoms. The van der Waals surface area contributed by atoms with Crippen molar-refractivity contribution in [3.05, 3.63) is 30.3 Å². The van der Waals surface area contributed by atoms with Gasteiger partial charge in [0.25, 0.3) is 5.91 Å². The highest BCUT2D eigenvalue weighted by molar-refractivity contribution is 6.22. The molecule has 0 saturated carbocycles. The van der Waals surface area contributed by atoms with E-state index in [0.29, 0.717) is 11.6 Å². The lowest BCUT2D eigenvalue weighted by Crippen LogP contribution is -2.43. The Kier molecular flexibility index (Phi) is 4.47. The summed E-state index contributed by atoms with van der Waals surface area (Å²) in [5.41, 5.74) is 0.740. The molecule has 1 heterocycles. The second-order valence-electron chi connectivity index (χ2n) is 6.68. The molecule has 1 saturated heterocycles. The van der Waals surface area contributed by atoms with Crippen molar-refractivity contribution >= 4 is 17.5 Å². The first kappa shape index (κ1) is 15.7. The van der Waals surface area contributed by atoms with Crippen LogP contribution in [0.3, 0.4) is 0 Å². The summed E-state index contributed by atoms with van der Waals surface area (Å²) in [6.45, 7) is 9.39. The summed E-state index contributed by atoms with van der Waals surface area (Å²) < 4.78 is 0. The van der Waals surface area contributed by atoms with Crippen LogP contribution >= 0.6 is 0 Å². The first-order chi connectivity index (χ1) is 9.83. The van der Waals surface area contributed by atoms with Gasteiger partial charge in [-0.15, -0.1) is 0 Å². The van der Waals surface area contributed by atoms with Crippen LogP contribution in [0, 0.1) is 11.3 Å². The maximum atomic E-state index is 12.4. The Labute approximate surface area is 126 Å². The fourth-order valence-corrected chi connectivity index (χ4v) is 2.23. The summed E-state index contributed by atoms with van der Waals surface area (Å²) in [6.07, 6.45) is 0.238. The van der Waals surface area contributed by atoms with Crippen LogP contribution in [-0.4, -0.2) is 24.4 Å². The van der Waals surface area contributed by atoms with Gasteiger partial charge in [-0.2, -0.15) is 0 Å². The number of rotatable bonds is 5. The van der Waals surface area contributed by atoms with Crippen molar-refractivity contribution in [2.45, 2.75) is 40.2 Å². The van der Waals surface area contributed by atoms with Gasteiger partial charge >= 0.3 is 0 Å². The lowest BCUT2D eigenvalue weighted by atomic mass is 9.81. The van der Waals surface area contributed by atoms with E-state index in [9.17, 15) is 9.59 Å². The van der Waals surface area contributed by atoms with Crippen LogP contribution in [0.4, 0.5) is 5.69 Å². The molecule has 0 bridgehead atoms. The van der Waals surface area contributed by atoms with E-state index < -0.39 is 6.04 Å². The summed E-state index contributed by atoms with van der Waals surface area (Å²) in [7, 11) is 0. The van der Waals surface area contributed by atoms with Crippen molar-refractivity contribution in [3.63, 3.8) is 0 Å². The maximum absolute atomic E-state index is 12.4. The molecule has 1 aliphatic heterocycles. The van der Waals surface area contributed by atoms with Gasteiger partial charge in [0.1, 0.15) is 0 Å². The van der Waals surface area contributed by atoms with Crippen LogP contribution in [-0.2, 0) is 9.59 Å². The Morgan fingerprint density at radius 1 is 1.24 bits per heavy atom. The number of nitrogens with one attached hydrogen (secondary N) is 1. The first-order valence-corrected chi connectivity index (χ1v) is 7.48. The van der Waals surface area contributed by atoms with Crippen molar-refractivity contribution in [1.29, 1.82) is 0 Å². The van der Waals surface area contributed by atoms with E-state index in [1.165, 1.54) is 4.90 Å². The van der Waals surface area contributed by atoms with E-state index in [0.717, 1.165) is 6.54 Å². The third-order valence-electron chi connectivity index (χ3n) is 4.53. The summed E-state index contributed by atoms with van der Waals surface area (Å²) in [5, 5.41) is 3.27.